The fourth-order valence-corrected chi connectivity index (χ4v) is 0.529. The van der Waals surface area contributed by atoms with Gasteiger partial charge < -0.3 is 10.2 Å². The lowest BCUT2D eigenvalue weighted by atomic mass is 10.6. The van der Waals surface area contributed by atoms with Gasteiger partial charge in [0.05, 0.1) is 0 Å². The first kappa shape index (κ1) is 8.76. The molecule has 0 aromatic rings. The van der Waals surface area contributed by atoms with Gasteiger partial charge >= 0.3 is 0 Å². The first-order valence-electron chi connectivity index (χ1n) is 3.11. The lowest BCUT2D eigenvalue weighted by Gasteiger charge is -2.16. The molecule has 4 nitrogen and oxygen atoms in total. The molecular weight excluding hydrogens is 128 g/mol. The summed E-state index contributed by atoms with van der Waals surface area (Å²) in [6, 6.07) is 0. The van der Waals surface area contributed by atoms with Crippen LogP contribution in [0.1, 0.15) is 6.92 Å². The molecule has 0 rings (SSSR count). The number of nitrogens with zero attached hydrogens (tertiary/aromatic N) is 3. The van der Waals surface area contributed by atoms with Gasteiger partial charge in [-0.05, 0) is 6.92 Å². The van der Waals surface area contributed by atoms with E-state index in [0.717, 1.165) is 6.54 Å². The van der Waals surface area contributed by atoms with E-state index in [1.165, 1.54) is 0 Å². The average molecular weight is 140 g/mol. The van der Waals surface area contributed by atoms with Crippen LogP contribution in [-0.2, 0) is 0 Å². The minimum atomic E-state index is 0.602. The number of hydrogen-bond acceptors (Lipinski definition) is 2. The maximum atomic E-state index is 8.21. The normalized spacial score (nSPS) is 10.4. The fraction of sp³-hybridized carbons (Fsp3) is 0.667. The van der Waals surface area contributed by atoms with E-state index in [1.807, 2.05) is 18.9 Å². The quantitative estimate of drug-likeness (QED) is 0.317. The van der Waals surface area contributed by atoms with Gasteiger partial charge in [-0.1, -0.05) is 0 Å². The van der Waals surface area contributed by atoms with Crippen LogP contribution in [0.3, 0.4) is 0 Å². The minimum Gasteiger partial charge on any atom is -0.358 e. The molecule has 1 N–H and O–H groups in total. The van der Waals surface area contributed by atoms with Crippen LogP contribution in [0.4, 0.5) is 0 Å². The molecule has 0 saturated heterocycles. The number of nitriles is 1. The molecule has 56 valence electrons. The van der Waals surface area contributed by atoms with Gasteiger partial charge in [-0.2, -0.15) is 5.26 Å². The Morgan fingerprint density at radius 3 is 2.70 bits per heavy atom. The van der Waals surface area contributed by atoms with E-state index in [9.17, 15) is 0 Å². The molecule has 0 aromatic carbocycles. The van der Waals surface area contributed by atoms with Crippen LogP contribution in [0.2, 0.25) is 0 Å². The zero-order chi connectivity index (χ0) is 7.98. The Balaban J connectivity index is 4.09. The van der Waals surface area contributed by atoms with Gasteiger partial charge in [-0.3, -0.25) is 0 Å². The summed E-state index contributed by atoms with van der Waals surface area (Å²) in [4.78, 5) is 5.40. The number of guanidine groups is 1. The van der Waals surface area contributed by atoms with Crippen molar-refractivity contribution in [2.75, 3.05) is 20.6 Å². The molecule has 0 aliphatic carbocycles. The van der Waals surface area contributed by atoms with E-state index in [0.29, 0.717) is 5.96 Å². The maximum absolute atomic E-state index is 8.21. The predicted molar refractivity (Wildman–Crippen MR) is 40.4 cm³/mol. The fourth-order valence-electron chi connectivity index (χ4n) is 0.529. The van der Waals surface area contributed by atoms with Crippen molar-refractivity contribution in [3.63, 3.8) is 0 Å². The third kappa shape index (κ3) is 2.35. The molecule has 0 atom stereocenters. The number of hydrogen-bond donors (Lipinski definition) is 1. The van der Waals surface area contributed by atoms with Crippen LogP contribution >= 0.6 is 0 Å². The summed E-state index contributed by atoms with van der Waals surface area (Å²) in [7, 11) is 3.61. The monoisotopic (exact) mass is 140 g/mol. The van der Waals surface area contributed by atoms with Crippen LogP contribution in [0, 0.1) is 11.5 Å². The average Bonchev–Trinajstić information content (AvgIpc) is 1.99. The van der Waals surface area contributed by atoms with E-state index < -0.39 is 0 Å². The van der Waals surface area contributed by atoms with Crippen molar-refractivity contribution in [1.82, 2.24) is 10.2 Å². The van der Waals surface area contributed by atoms with Crippen LogP contribution in [-0.4, -0.2) is 31.5 Å². The topological polar surface area (TPSA) is 51.4 Å². The minimum absolute atomic E-state index is 0.602. The second-order valence-electron chi connectivity index (χ2n) is 1.80. The van der Waals surface area contributed by atoms with Gasteiger partial charge in [-0.15, -0.1) is 4.99 Å². The second kappa shape index (κ2) is 4.62. The van der Waals surface area contributed by atoms with Crippen LogP contribution in [0.25, 0.3) is 0 Å². The Morgan fingerprint density at radius 2 is 2.40 bits per heavy atom. The Labute approximate surface area is 61.2 Å². The predicted octanol–water partition coefficient (Wildman–Crippen LogP) is -0.00542. The lowest BCUT2D eigenvalue weighted by molar-refractivity contribution is 0.517. The SMILES string of the molecule is CCN(C)/C(=N/C#N)NC. The molecular formula is C6H12N4. The largest absolute Gasteiger partial charge is 0.358 e. The zero-order valence-electron chi connectivity index (χ0n) is 6.55. The molecule has 0 radical (unpaired) electrons. The molecule has 0 unspecified atom stereocenters. The summed E-state index contributed by atoms with van der Waals surface area (Å²) in [6.45, 7) is 2.82. The van der Waals surface area contributed by atoms with Crippen molar-refractivity contribution in [2.45, 2.75) is 6.92 Å². The molecule has 0 fully saturated rings. The van der Waals surface area contributed by atoms with Crippen molar-refractivity contribution in [1.29, 1.82) is 5.26 Å². The third-order valence-corrected chi connectivity index (χ3v) is 1.22. The zero-order valence-corrected chi connectivity index (χ0v) is 6.55. The maximum Gasteiger partial charge on any atom is 0.209 e. The van der Waals surface area contributed by atoms with E-state index in [2.05, 4.69) is 10.3 Å². The Kier molecular flexibility index (Phi) is 4.05. The van der Waals surface area contributed by atoms with Gasteiger partial charge in [0.25, 0.3) is 0 Å². The van der Waals surface area contributed by atoms with Crippen LogP contribution in [0.15, 0.2) is 4.99 Å². The third-order valence-electron chi connectivity index (χ3n) is 1.22. The van der Waals surface area contributed by atoms with Crippen molar-refractivity contribution in [2.24, 2.45) is 4.99 Å². The van der Waals surface area contributed by atoms with E-state index in [4.69, 9.17) is 5.26 Å². The van der Waals surface area contributed by atoms with Gasteiger partial charge in [0.1, 0.15) is 0 Å². The Bertz CT molecular complexity index is 156. The second-order valence-corrected chi connectivity index (χ2v) is 1.80. The molecule has 0 amide bonds. The molecule has 0 aromatic heterocycles. The van der Waals surface area contributed by atoms with Gasteiger partial charge in [0.2, 0.25) is 12.2 Å². The molecule has 0 bridgehead atoms. The summed E-state index contributed by atoms with van der Waals surface area (Å²) in [6.07, 6.45) is 1.72. The van der Waals surface area contributed by atoms with Crippen molar-refractivity contribution < 1.29 is 0 Å². The summed E-state index contributed by atoms with van der Waals surface area (Å²) in [5, 5.41) is 11.0. The van der Waals surface area contributed by atoms with E-state index >= 15 is 0 Å². The molecule has 0 spiro atoms. The summed E-state index contributed by atoms with van der Waals surface area (Å²) in [5.41, 5.74) is 0. The molecule has 0 saturated carbocycles. The van der Waals surface area contributed by atoms with Crippen molar-refractivity contribution >= 4 is 5.96 Å². The lowest BCUT2D eigenvalue weighted by Crippen LogP contribution is -2.36. The number of aliphatic imine (C=N–C) groups is 1. The molecule has 0 aliphatic heterocycles. The number of nitrogens with one attached hydrogen (secondary N) is 1. The standard InChI is InChI=1S/C6H12N4/c1-4-10(3)6(8-2)9-5-7/h4H2,1-3H3,(H,8,9). The highest BCUT2D eigenvalue weighted by Crippen LogP contribution is 1.81. The van der Waals surface area contributed by atoms with Gasteiger partial charge in [0, 0.05) is 20.6 Å². The summed E-state index contributed by atoms with van der Waals surface area (Å²) in [5.74, 6) is 0.602. The highest BCUT2D eigenvalue weighted by molar-refractivity contribution is 5.80. The van der Waals surface area contributed by atoms with E-state index in [-0.39, 0.29) is 0 Å². The molecule has 0 aliphatic rings. The smallest absolute Gasteiger partial charge is 0.209 e. The molecule has 0 heterocycles. The van der Waals surface area contributed by atoms with Crippen molar-refractivity contribution in [3.8, 4) is 6.19 Å². The Morgan fingerprint density at radius 1 is 1.80 bits per heavy atom. The van der Waals surface area contributed by atoms with Gasteiger partial charge in [-0.25, -0.2) is 0 Å². The molecule has 10 heavy (non-hydrogen) atoms. The van der Waals surface area contributed by atoms with Gasteiger partial charge in [0.15, 0.2) is 0 Å². The summed E-state index contributed by atoms with van der Waals surface area (Å²) < 4.78 is 0. The Hall–Kier alpha value is -1.24. The first-order valence-corrected chi connectivity index (χ1v) is 3.11. The number of rotatable bonds is 1. The molecule has 4 heteroatoms. The van der Waals surface area contributed by atoms with Crippen LogP contribution in [0.5, 0.6) is 0 Å². The van der Waals surface area contributed by atoms with Crippen LogP contribution < -0.4 is 5.32 Å². The van der Waals surface area contributed by atoms with E-state index in [1.54, 1.807) is 13.2 Å². The highest BCUT2D eigenvalue weighted by atomic mass is 15.3. The first-order chi connectivity index (χ1) is 4.76. The van der Waals surface area contributed by atoms with Crippen molar-refractivity contribution in [3.05, 3.63) is 0 Å². The summed E-state index contributed by atoms with van der Waals surface area (Å²) >= 11 is 0. The highest BCUT2D eigenvalue weighted by Gasteiger charge is 1.98.